The third kappa shape index (κ3) is 1.81. The van der Waals surface area contributed by atoms with Crippen LogP contribution in [0.2, 0.25) is 0 Å². The fourth-order valence-corrected chi connectivity index (χ4v) is 1.15. The van der Waals surface area contributed by atoms with E-state index in [4.69, 9.17) is 16.6 Å². The molecule has 14 heavy (non-hydrogen) atoms. The molecule has 0 saturated heterocycles. The van der Waals surface area contributed by atoms with E-state index in [1.807, 2.05) is 0 Å². The van der Waals surface area contributed by atoms with Gasteiger partial charge >= 0.3 is 0 Å². The van der Waals surface area contributed by atoms with Crippen LogP contribution in [0, 0.1) is 10.1 Å². The fraction of sp³-hybridized carbons (Fsp3) is 0.250. The van der Waals surface area contributed by atoms with E-state index in [1.54, 1.807) is 6.07 Å². The molecule has 0 unspecified atom stereocenters. The van der Waals surface area contributed by atoms with Gasteiger partial charge in [0.15, 0.2) is 0 Å². The van der Waals surface area contributed by atoms with Gasteiger partial charge in [0.05, 0.1) is 17.6 Å². The van der Waals surface area contributed by atoms with Crippen LogP contribution >= 0.6 is 0 Å². The molecular weight excluding hydrogens is 186 g/mol. The molecule has 6 heteroatoms. The summed E-state index contributed by atoms with van der Waals surface area (Å²) in [4.78, 5) is 9.93. The molecule has 0 spiro atoms. The van der Waals surface area contributed by atoms with Crippen molar-refractivity contribution in [3.05, 3.63) is 33.9 Å². The van der Waals surface area contributed by atoms with Gasteiger partial charge in [-0.15, -0.1) is 0 Å². The Morgan fingerprint density at radius 2 is 2.21 bits per heavy atom. The quantitative estimate of drug-likeness (QED) is 0.363. The third-order valence-corrected chi connectivity index (χ3v) is 1.91. The molecule has 0 fully saturated rings. The second kappa shape index (κ2) is 4.03. The van der Waals surface area contributed by atoms with E-state index >= 15 is 0 Å². The smallest absolute Gasteiger partial charge is 0.292 e. The number of hydrogen-bond acceptors (Lipinski definition) is 5. The van der Waals surface area contributed by atoms with Crippen molar-refractivity contribution in [2.45, 2.75) is 6.04 Å². The van der Waals surface area contributed by atoms with E-state index in [0.29, 0.717) is 5.56 Å². The van der Waals surface area contributed by atoms with Crippen LogP contribution in [-0.2, 0) is 0 Å². The number of aliphatic hydroxyl groups is 1. The fourth-order valence-electron chi connectivity index (χ4n) is 1.15. The Bertz CT molecular complexity index is 354. The van der Waals surface area contributed by atoms with Gasteiger partial charge in [0.1, 0.15) is 5.69 Å². The average molecular weight is 197 g/mol. The van der Waals surface area contributed by atoms with Crippen molar-refractivity contribution >= 4 is 11.4 Å². The summed E-state index contributed by atoms with van der Waals surface area (Å²) in [6, 6.07) is 3.65. The van der Waals surface area contributed by atoms with E-state index in [1.165, 1.54) is 12.1 Å². The van der Waals surface area contributed by atoms with Crippen molar-refractivity contribution in [1.82, 2.24) is 0 Å². The van der Waals surface area contributed by atoms with E-state index < -0.39 is 11.0 Å². The highest BCUT2D eigenvalue weighted by Gasteiger charge is 2.17. The Labute approximate surface area is 80.3 Å². The lowest BCUT2D eigenvalue weighted by Crippen LogP contribution is -2.16. The number of rotatable bonds is 3. The van der Waals surface area contributed by atoms with Gasteiger partial charge in [0.2, 0.25) is 0 Å². The molecule has 0 aliphatic carbocycles. The minimum absolute atomic E-state index is 0.0130. The molecule has 6 nitrogen and oxygen atoms in total. The monoisotopic (exact) mass is 197 g/mol. The molecule has 1 aromatic rings. The van der Waals surface area contributed by atoms with Crippen LogP contribution in [0.4, 0.5) is 11.4 Å². The molecule has 0 heterocycles. The maximum Gasteiger partial charge on any atom is 0.292 e. The average Bonchev–Trinajstić information content (AvgIpc) is 2.16. The first kappa shape index (κ1) is 10.4. The standard InChI is InChI=1S/C8H11N3O3/c9-6(4-12)5-2-1-3-7(8(5)10)11(13)14/h1-3,6,12H,4,9-10H2/t6-/m1/s1. The number of para-hydroxylation sites is 1. The maximum atomic E-state index is 10.5. The molecule has 1 rings (SSSR count). The van der Waals surface area contributed by atoms with Crippen LogP contribution in [-0.4, -0.2) is 16.6 Å². The molecule has 0 radical (unpaired) electrons. The zero-order valence-corrected chi connectivity index (χ0v) is 7.38. The molecule has 1 aromatic carbocycles. The molecule has 76 valence electrons. The number of nitro groups is 1. The number of anilines is 1. The number of nitrogen functional groups attached to an aromatic ring is 1. The summed E-state index contributed by atoms with van der Waals surface area (Å²) in [6.45, 7) is -0.300. The summed E-state index contributed by atoms with van der Waals surface area (Å²) in [5, 5.41) is 19.3. The highest BCUT2D eigenvalue weighted by molar-refractivity contribution is 5.63. The Morgan fingerprint density at radius 1 is 1.57 bits per heavy atom. The predicted molar refractivity (Wildman–Crippen MR) is 51.5 cm³/mol. The van der Waals surface area contributed by atoms with Gasteiger partial charge in [0.25, 0.3) is 5.69 Å². The first-order valence-electron chi connectivity index (χ1n) is 3.97. The summed E-state index contributed by atoms with van der Waals surface area (Å²) in [7, 11) is 0. The molecule has 0 aliphatic heterocycles. The molecule has 0 saturated carbocycles. The molecule has 0 amide bonds. The van der Waals surface area contributed by atoms with Crippen molar-refractivity contribution in [1.29, 1.82) is 0 Å². The Hall–Kier alpha value is -1.66. The second-order valence-corrected chi connectivity index (χ2v) is 2.83. The molecule has 5 N–H and O–H groups in total. The normalized spacial score (nSPS) is 12.4. The molecular formula is C8H11N3O3. The van der Waals surface area contributed by atoms with Crippen molar-refractivity contribution in [2.24, 2.45) is 5.73 Å². The number of aliphatic hydroxyl groups excluding tert-OH is 1. The lowest BCUT2D eigenvalue weighted by Gasteiger charge is -2.10. The zero-order chi connectivity index (χ0) is 10.7. The Balaban J connectivity index is 3.20. The van der Waals surface area contributed by atoms with Crippen LogP contribution in [0.3, 0.4) is 0 Å². The van der Waals surface area contributed by atoms with Crippen LogP contribution < -0.4 is 11.5 Å². The SMILES string of the molecule is Nc1c([C@H](N)CO)cccc1[N+](=O)[O-]. The van der Waals surface area contributed by atoms with Gasteiger partial charge in [0, 0.05) is 11.6 Å². The lowest BCUT2D eigenvalue weighted by molar-refractivity contribution is -0.384. The molecule has 0 aliphatic rings. The van der Waals surface area contributed by atoms with Crippen molar-refractivity contribution < 1.29 is 10.0 Å². The third-order valence-electron chi connectivity index (χ3n) is 1.91. The van der Waals surface area contributed by atoms with Gasteiger partial charge in [-0.05, 0) is 0 Å². The Morgan fingerprint density at radius 3 is 2.71 bits per heavy atom. The number of hydrogen-bond donors (Lipinski definition) is 3. The van der Waals surface area contributed by atoms with Crippen molar-refractivity contribution in [3.8, 4) is 0 Å². The van der Waals surface area contributed by atoms with Gasteiger partial charge in [-0.3, -0.25) is 10.1 Å². The van der Waals surface area contributed by atoms with Crippen LogP contribution in [0.5, 0.6) is 0 Å². The minimum Gasteiger partial charge on any atom is -0.394 e. The number of nitrogens with zero attached hydrogens (tertiary/aromatic N) is 1. The number of benzene rings is 1. The summed E-state index contributed by atoms with van der Waals surface area (Å²) in [5.41, 5.74) is 11.3. The molecule has 0 aromatic heterocycles. The van der Waals surface area contributed by atoms with Gasteiger partial charge < -0.3 is 16.6 Å². The lowest BCUT2D eigenvalue weighted by atomic mass is 10.1. The van der Waals surface area contributed by atoms with Crippen molar-refractivity contribution in [3.63, 3.8) is 0 Å². The maximum absolute atomic E-state index is 10.5. The topological polar surface area (TPSA) is 115 Å². The number of nitro benzene ring substituents is 1. The van der Waals surface area contributed by atoms with Crippen LogP contribution in [0.25, 0.3) is 0 Å². The van der Waals surface area contributed by atoms with E-state index in [0.717, 1.165) is 0 Å². The first-order valence-corrected chi connectivity index (χ1v) is 3.97. The van der Waals surface area contributed by atoms with Crippen molar-refractivity contribution in [2.75, 3.05) is 12.3 Å². The minimum atomic E-state index is -0.685. The summed E-state index contributed by atoms with van der Waals surface area (Å²) >= 11 is 0. The zero-order valence-electron chi connectivity index (χ0n) is 7.38. The highest BCUT2D eigenvalue weighted by Crippen LogP contribution is 2.27. The van der Waals surface area contributed by atoms with E-state index in [2.05, 4.69) is 0 Å². The summed E-state index contributed by atoms with van der Waals surface area (Å²) in [5.74, 6) is 0. The summed E-state index contributed by atoms with van der Waals surface area (Å²) < 4.78 is 0. The van der Waals surface area contributed by atoms with E-state index in [9.17, 15) is 10.1 Å². The summed E-state index contributed by atoms with van der Waals surface area (Å²) in [6.07, 6.45) is 0. The largest absolute Gasteiger partial charge is 0.394 e. The molecule has 0 bridgehead atoms. The van der Waals surface area contributed by atoms with Gasteiger partial charge in [-0.25, -0.2) is 0 Å². The van der Waals surface area contributed by atoms with Crippen LogP contribution in [0.15, 0.2) is 18.2 Å². The molecule has 1 atom stereocenters. The second-order valence-electron chi connectivity index (χ2n) is 2.83. The predicted octanol–water partition coefficient (Wildman–Crippen LogP) is 0.169. The van der Waals surface area contributed by atoms with Gasteiger partial charge in [-0.1, -0.05) is 12.1 Å². The van der Waals surface area contributed by atoms with Gasteiger partial charge in [-0.2, -0.15) is 0 Å². The van der Waals surface area contributed by atoms with E-state index in [-0.39, 0.29) is 18.0 Å². The number of nitrogens with two attached hydrogens (primary N) is 2. The van der Waals surface area contributed by atoms with Crippen LogP contribution in [0.1, 0.15) is 11.6 Å². The highest BCUT2D eigenvalue weighted by atomic mass is 16.6. The first-order chi connectivity index (χ1) is 6.57. The Kier molecular flexibility index (Phi) is 3.00.